The number of carbonyl (C=O) groups is 1. The van der Waals surface area contributed by atoms with E-state index in [1.807, 2.05) is 32.9 Å². The van der Waals surface area contributed by atoms with Crippen LogP contribution in [0, 0.1) is 0 Å². The molecule has 122 valence electrons. The van der Waals surface area contributed by atoms with Gasteiger partial charge in [0.05, 0.1) is 5.54 Å². The van der Waals surface area contributed by atoms with Gasteiger partial charge in [-0.2, -0.15) is 0 Å². The van der Waals surface area contributed by atoms with E-state index >= 15 is 0 Å². The lowest BCUT2D eigenvalue weighted by molar-refractivity contribution is -0.0158. The van der Waals surface area contributed by atoms with Crippen LogP contribution in [-0.4, -0.2) is 34.8 Å². The van der Waals surface area contributed by atoms with E-state index in [-0.39, 0.29) is 18.4 Å². The number of likely N-dealkylation sites (tertiary alicyclic amines) is 1. The fourth-order valence-corrected chi connectivity index (χ4v) is 3.09. The Balaban J connectivity index is 2.42. The first-order chi connectivity index (χ1) is 10.3. The van der Waals surface area contributed by atoms with E-state index in [1.54, 1.807) is 17.0 Å². The van der Waals surface area contributed by atoms with Gasteiger partial charge in [-0.25, -0.2) is 4.79 Å². The van der Waals surface area contributed by atoms with Gasteiger partial charge in [-0.3, -0.25) is 4.90 Å². The van der Waals surface area contributed by atoms with Crippen LogP contribution in [0.2, 0.25) is 0 Å². The molecule has 1 aliphatic heterocycles. The van der Waals surface area contributed by atoms with Gasteiger partial charge in [0.1, 0.15) is 11.4 Å². The minimum Gasteiger partial charge on any atom is -0.508 e. The Labute approximate surface area is 132 Å². The summed E-state index contributed by atoms with van der Waals surface area (Å²) in [4.78, 5) is 14.3. The van der Waals surface area contributed by atoms with Gasteiger partial charge in [0, 0.05) is 18.7 Å². The highest BCUT2D eigenvalue weighted by Crippen LogP contribution is 2.41. The molecule has 2 rings (SSSR count). The van der Waals surface area contributed by atoms with Crippen molar-refractivity contribution in [3.8, 4) is 5.75 Å². The maximum Gasteiger partial charge on any atom is 0.411 e. The monoisotopic (exact) mass is 306 g/mol. The molecule has 3 N–H and O–H groups in total. The highest BCUT2D eigenvalue weighted by atomic mass is 16.6. The minimum absolute atomic E-state index is 0.170. The maximum absolute atomic E-state index is 12.6. The predicted molar refractivity (Wildman–Crippen MR) is 85.6 cm³/mol. The Morgan fingerprint density at radius 1 is 1.36 bits per heavy atom. The Hall–Kier alpha value is -1.75. The van der Waals surface area contributed by atoms with Crippen LogP contribution in [-0.2, 0) is 10.3 Å². The molecule has 1 aromatic carbocycles. The van der Waals surface area contributed by atoms with E-state index in [0.29, 0.717) is 12.1 Å². The smallest absolute Gasteiger partial charge is 0.411 e. The lowest BCUT2D eigenvalue weighted by atomic mass is 9.80. The van der Waals surface area contributed by atoms with Gasteiger partial charge in [-0.1, -0.05) is 18.2 Å². The third kappa shape index (κ3) is 3.19. The van der Waals surface area contributed by atoms with Crippen LogP contribution in [0.25, 0.3) is 0 Å². The maximum atomic E-state index is 12.6. The van der Waals surface area contributed by atoms with Crippen LogP contribution in [0.15, 0.2) is 24.3 Å². The number of hydrogen-bond acceptors (Lipinski definition) is 4. The summed E-state index contributed by atoms with van der Waals surface area (Å²) in [7, 11) is 0. The van der Waals surface area contributed by atoms with E-state index in [9.17, 15) is 9.90 Å². The molecule has 0 aromatic heterocycles. The van der Waals surface area contributed by atoms with E-state index in [4.69, 9.17) is 10.5 Å². The lowest BCUT2D eigenvalue weighted by Crippen LogP contribution is -2.57. The van der Waals surface area contributed by atoms with Gasteiger partial charge >= 0.3 is 6.09 Å². The molecule has 5 nitrogen and oxygen atoms in total. The quantitative estimate of drug-likeness (QED) is 0.880. The number of hydrogen-bond donors (Lipinski definition) is 2. The summed E-state index contributed by atoms with van der Waals surface area (Å²) in [6, 6.07) is 7.09. The standard InChI is InChI=1S/C17H26N2O3/c1-16(2,3)22-15(21)19-11-7-6-10-17(19,12-18)13-8-4-5-9-14(13)20/h4-5,8-9,20H,6-7,10-12,18H2,1-3H3. The number of aromatic hydroxyl groups is 1. The zero-order valence-electron chi connectivity index (χ0n) is 13.6. The van der Waals surface area contributed by atoms with Crippen molar-refractivity contribution in [3.05, 3.63) is 29.8 Å². The second kappa shape index (κ2) is 6.16. The number of para-hydroxylation sites is 1. The van der Waals surface area contributed by atoms with Crippen molar-refractivity contribution in [2.75, 3.05) is 13.1 Å². The number of phenols is 1. The Morgan fingerprint density at radius 3 is 2.64 bits per heavy atom. The van der Waals surface area contributed by atoms with E-state index in [0.717, 1.165) is 19.3 Å². The molecule has 0 spiro atoms. The molecule has 0 radical (unpaired) electrons. The van der Waals surface area contributed by atoms with Crippen molar-refractivity contribution in [2.24, 2.45) is 5.73 Å². The Bertz CT molecular complexity index is 539. The first kappa shape index (κ1) is 16.6. The number of phenolic OH excluding ortho intramolecular Hbond substituents is 1. The Morgan fingerprint density at radius 2 is 2.05 bits per heavy atom. The Kier molecular flexibility index (Phi) is 4.66. The van der Waals surface area contributed by atoms with Gasteiger partial charge in [0.2, 0.25) is 0 Å². The lowest BCUT2D eigenvalue weighted by Gasteiger charge is -2.47. The molecule has 1 atom stereocenters. The summed E-state index contributed by atoms with van der Waals surface area (Å²) < 4.78 is 5.55. The van der Waals surface area contributed by atoms with E-state index in [2.05, 4.69) is 0 Å². The normalized spacial score (nSPS) is 22.5. The van der Waals surface area contributed by atoms with Crippen LogP contribution < -0.4 is 5.73 Å². The van der Waals surface area contributed by atoms with E-state index in [1.165, 1.54) is 0 Å². The summed E-state index contributed by atoms with van der Waals surface area (Å²) >= 11 is 0. The van der Waals surface area contributed by atoms with Gasteiger partial charge in [0.25, 0.3) is 0 Å². The molecular weight excluding hydrogens is 280 g/mol. The fourth-order valence-electron chi connectivity index (χ4n) is 3.09. The molecule has 22 heavy (non-hydrogen) atoms. The molecule has 5 heteroatoms. The van der Waals surface area contributed by atoms with Crippen LogP contribution in [0.4, 0.5) is 4.79 Å². The number of nitrogens with zero attached hydrogens (tertiary/aromatic N) is 1. The molecular formula is C17H26N2O3. The first-order valence-electron chi connectivity index (χ1n) is 7.79. The number of rotatable bonds is 2. The van der Waals surface area contributed by atoms with Gasteiger partial charge in [-0.05, 0) is 46.1 Å². The molecule has 0 bridgehead atoms. The van der Waals surface area contributed by atoms with Crippen LogP contribution in [0.3, 0.4) is 0 Å². The third-order valence-corrected chi connectivity index (χ3v) is 4.10. The topological polar surface area (TPSA) is 75.8 Å². The molecule has 1 aliphatic rings. The van der Waals surface area contributed by atoms with Gasteiger partial charge in [-0.15, -0.1) is 0 Å². The van der Waals surface area contributed by atoms with Crippen molar-refractivity contribution >= 4 is 6.09 Å². The minimum atomic E-state index is -0.702. The van der Waals surface area contributed by atoms with Crippen molar-refractivity contribution < 1.29 is 14.6 Å². The van der Waals surface area contributed by atoms with Crippen molar-refractivity contribution in [3.63, 3.8) is 0 Å². The zero-order chi connectivity index (χ0) is 16.4. The summed E-state index contributed by atoms with van der Waals surface area (Å²) in [5.41, 5.74) is 5.50. The largest absolute Gasteiger partial charge is 0.508 e. The predicted octanol–water partition coefficient (Wildman–Crippen LogP) is 2.97. The van der Waals surface area contributed by atoms with Crippen molar-refractivity contribution in [1.82, 2.24) is 4.90 Å². The second-order valence-corrected chi connectivity index (χ2v) is 6.84. The molecule has 0 saturated carbocycles. The highest BCUT2D eigenvalue weighted by Gasteiger charge is 2.45. The molecule has 1 aromatic rings. The zero-order valence-corrected chi connectivity index (χ0v) is 13.6. The molecule has 1 saturated heterocycles. The van der Waals surface area contributed by atoms with Gasteiger partial charge in [0.15, 0.2) is 0 Å². The number of benzene rings is 1. The number of carbonyl (C=O) groups excluding carboxylic acids is 1. The first-order valence-corrected chi connectivity index (χ1v) is 7.79. The molecule has 1 heterocycles. The van der Waals surface area contributed by atoms with Crippen LogP contribution >= 0.6 is 0 Å². The molecule has 1 unspecified atom stereocenters. The average molecular weight is 306 g/mol. The third-order valence-electron chi connectivity index (χ3n) is 4.10. The SMILES string of the molecule is CC(C)(C)OC(=O)N1CCCCC1(CN)c1ccccc1O. The van der Waals surface area contributed by atoms with Crippen molar-refractivity contribution in [1.29, 1.82) is 0 Å². The van der Waals surface area contributed by atoms with Crippen LogP contribution in [0.5, 0.6) is 5.75 Å². The van der Waals surface area contributed by atoms with E-state index < -0.39 is 11.1 Å². The summed E-state index contributed by atoms with van der Waals surface area (Å²) in [6.07, 6.45) is 2.22. The number of ether oxygens (including phenoxy) is 1. The van der Waals surface area contributed by atoms with Crippen LogP contribution in [0.1, 0.15) is 45.6 Å². The van der Waals surface area contributed by atoms with Crippen molar-refractivity contribution in [2.45, 2.75) is 51.2 Å². The number of amides is 1. The summed E-state index contributed by atoms with van der Waals surface area (Å²) in [5, 5.41) is 10.3. The average Bonchev–Trinajstić information content (AvgIpc) is 2.45. The fraction of sp³-hybridized carbons (Fsp3) is 0.588. The molecule has 1 fully saturated rings. The summed E-state index contributed by atoms with van der Waals surface area (Å²) in [5.74, 6) is 0.170. The summed E-state index contributed by atoms with van der Waals surface area (Å²) in [6.45, 7) is 6.38. The molecule has 1 amide bonds. The number of piperidine rings is 1. The second-order valence-electron chi connectivity index (χ2n) is 6.84. The molecule has 0 aliphatic carbocycles. The highest BCUT2D eigenvalue weighted by molar-refractivity contribution is 5.70. The van der Waals surface area contributed by atoms with Gasteiger partial charge < -0.3 is 15.6 Å². The number of nitrogens with two attached hydrogens (primary N) is 1.